The van der Waals surface area contributed by atoms with Gasteiger partial charge in [-0.15, -0.1) is 0 Å². The number of aromatic nitrogens is 3. The lowest BCUT2D eigenvalue weighted by Gasteiger charge is -2.22. The van der Waals surface area contributed by atoms with Gasteiger partial charge in [0.1, 0.15) is 11.4 Å². The Morgan fingerprint density at radius 2 is 1.85 bits per heavy atom. The average molecular weight is 513 g/mol. The van der Waals surface area contributed by atoms with Gasteiger partial charge in [0.15, 0.2) is 5.75 Å². The van der Waals surface area contributed by atoms with E-state index in [2.05, 4.69) is 15.0 Å². The Bertz CT molecular complexity index is 1360. The van der Waals surface area contributed by atoms with Gasteiger partial charge in [-0.05, 0) is 49.6 Å². The fourth-order valence-corrected chi connectivity index (χ4v) is 4.00. The lowest BCUT2D eigenvalue weighted by molar-refractivity contribution is -0.141. The number of alkyl halides is 3. The zero-order valence-electron chi connectivity index (χ0n) is 18.4. The maximum absolute atomic E-state index is 13.4. The summed E-state index contributed by atoms with van der Waals surface area (Å²) < 4.78 is 71.6. The standard InChI is InChI=1S/C22H20ClF3N4O3S/c1-12-8-18(22(24,25)26)29-19(13-4-5-13)20(12)33-21-17(30(2)34(3,31)32)7-6-16(28-21)14-9-15(23)11-27-10-14/h6-11,13H,4-5H2,1-3H3. The van der Waals surface area contributed by atoms with Gasteiger partial charge >= 0.3 is 6.18 Å². The lowest BCUT2D eigenvalue weighted by Crippen LogP contribution is -2.25. The van der Waals surface area contributed by atoms with Crippen molar-refractivity contribution in [3.8, 4) is 22.9 Å². The smallest absolute Gasteiger partial charge is 0.433 e. The van der Waals surface area contributed by atoms with Crippen molar-refractivity contribution in [3.63, 3.8) is 0 Å². The molecule has 12 heteroatoms. The fraction of sp³-hybridized carbons (Fsp3) is 0.318. The first-order chi connectivity index (χ1) is 15.8. The summed E-state index contributed by atoms with van der Waals surface area (Å²) in [6.45, 7) is 1.49. The van der Waals surface area contributed by atoms with Crippen LogP contribution >= 0.6 is 11.6 Å². The molecular weight excluding hydrogens is 493 g/mol. The molecule has 4 rings (SSSR count). The molecule has 3 heterocycles. The molecule has 7 nitrogen and oxygen atoms in total. The molecule has 0 saturated heterocycles. The molecule has 1 saturated carbocycles. The summed E-state index contributed by atoms with van der Waals surface area (Å²) in [5, 5.41) is 0.373. The molecule has 3 aromatic rings. The lowest BCUT2D eigenvalue weighted by atomic mass is 10.1. The summed E-state index contributed by atoms with van der Waals surface area (Å²) in [7, 11) is -2.36. The summed E-state index contributed by atoms with van der Waals surface area (Å²) in [5.41, 5.74) is 0.448. The van der Waals surface area contributed by atoms with Crippen LogP contribution in [0, 0.1) is 6.92 Å². The second kappa shape index (κ2) is 8.70. The highest BCUT2D eigenvalue weighted by atomic mass is 35.5. The van der Waals surface area contributed by atoms with Crippen molar-refractivity contribution in [3.05, 3.63) is 58.6 Å². The summed E-state index contributed by atoms with van der Waals surface area (Å²) in [6.07, 6.45) is 0.758. The zero-order chi connectivity index (χ0) is 24.8. The van der Waals surface area contributed by atoms with E-state index in [0.29, 0.717) is 29.1 Å². The van der Waals surface area contributed by atoms with E-state index in [9.17, 15) is 21.6 Å². The van der Waals surface area contributed by atoms with Gasteiger partial charge in [-0.3, -0.25) is 9.29 Å². The van der Waals surface area contributed by atoms with Crippen LogP contribution in [-0.2, 0) is 16.2 Å². The van der Waals surface area contributed by atoms with Gasteiger partial charge in [-0.25, -0.2) is 18.4 Å². The van der Waals surface area contributed by atoms with E-state index in [0.717, 1.165) is 16.6 Å². The van der Waals surface area contributed by atoms with Gasteiger partial charge < -0.3 is 4.74 Å². The number of hydrogen-bond donors (Lipinski definition) is 0. The third-order valence-electron chi connectivity index (χ3n) is 5.32. The largest absolute Gasteiger partial charge is 0.435 e. The Balaban J connectivity index is 1.87. The molecule has 1 fully saturated rings. The molecule has 3 aromatic heterocycles. The molecule has 1 aliphatic carbocycles. The Kier molecular flexibility index (Phi) is 6.19. The molecule has 0 radical (unpaired) electrons. The van der Waals surface area contributed by atoms with Gasteiger partial charge in [-0.2, -0.15) is 13.2 Å². The van der Waals surface area contributed by atoms with E-state index < -0.39 is 21.9 Å². The minimum Gasteiger partial charge on any atom is -0.435 e. The van der Waals surface area contributed by atoms with E-state index in [1.165, 1.54) is 32.4 Å². The molecule has 0 atom stereocenters. The highest BCUT2D eigenvalue weighted by molar-refractivity contribution is 7.92. The third-order valence-corrected chi connectivity index (χ3v) is 6.71. The van der Waals surface area contributed by atoms with Crippen LogP contribution in [-0.4, -0.2) is 36.7 Å². The third kappa shape index (κ3) is 5.10. The second-order valence-corrected chi connectivity index (χ2v) is 10.5. The Morgan fingerprint density at radius 1 is 1.15 bits per heavy atom. The number of ether oxygens (including phenoxy) is 1. The maximum atomic E-state index is 13.4. The van der Waals surface area contributed by atoms with Crippen molar-refractivity contribution in [1.29, 1.82) is 0 Å². The van der Waals surface area contributed by atoms with Crippen molar-refractivity contribution in [1.82, 2.24) is 15.0 Å². The molecule has 0 N–H and O–H groups in total. The number of aryl methyl sites for hydroxylation is 1. The van der Waals surface area contributed by atoms with E-state index in [1.807, 2.05) is 0 Å². The molecule has 0 unspecified atom stereocenters. The second-order valence-electron chi connectivity index (χ2n) is 8.06. The van der Waals surface area contributed by atoms with Crippen LogP contribution in [0.1, 0.15) is 35.7 Å². The number of sulfonamides is 1. The van der Waals surface area contributed by atoms with Crippen molar-refractivity contribution < 1.29 is 26.3 Å². The number of nitrogens with zero attached hydrogens (tertiary/aromatic N) is 4. The van der Waals surface area contributed by atoms with Crippen LogP contribution in [0.25, 0.3) is 11.3 Å². The minimum atomic E-state index is -4.60. The summed E-state index contributed by atoms with van der Waals surface area (Å²) >= 11 is 6.03. The minimum absolute atomic E-state index is 0.100. The number of halogens is 4. The maximum Gasteiger partial charge on any atom is 0.433 e. The molecule has 180 valence electrons. The van der Waals surface area contributed by atoms with E-state index in [-0.39, 0.29) is 34.5 Å². The molecular formula is C22H20ClF3N4O3S. The predicted octanol–water partition coefficient (Wildman–Crippen LogP) is 5.58. The SMILES string of the molecule is Cc1cc(C(F)(F)F)nc(C2CC2)c1Oc1nc(-c2cncc(Cl)c2)ccc1N(C)S(C)(=O)=O. The van der Waals surface area contributed by atoms with Crippen molar-refractivity contribution >= 4 is 27.3 Å². The van der Waals surface area contributed by atoms with Gasteiger partial charge in [0.05, 0.1) is 22.7 Å². The molecule has 1 aliphatic rings. The number of hydrogen-bond acceptors (Lipinski definition) is 6. The number of pyridine rings is 3. The Morgan fingerprint density at radius 3 is 2.44 bits per heavy atom. The first-order valence-corrected chi connectivity index (χ1v) is 12.4. The van der Waals surface area contributed by atoms with Gasteiger partial charge in [0, 0.05) is 30.9 Å². The van der Waals surface area contributed by atoms with Crippen LogP contribution in [0.15, 0.2) is 36.7 Å². The van der Waals surface area contributed by atoms with Crippen LogP contribution < -0.4 is 9.04 Å². The fourth-order valence-electron chi connectivity index (χ4n) is 3.33. The molecule has 0 aromatic carbocycles. The van der Waals surface area contributed by atoms with Crippen molar-refractivity contribution in [2.75, 3.05) is 17.6 Å². The number of rotatable bonds is 6. The zero-order valence-corrected chi connectivity index (χ0v) is 20.0. The Hall–Kier alpha value is -2.92. The highest BCUT2D eigenvalue weighted by Crippen LogP contribution is 2.47. The summed E-state index contributed by atoms with van der Waals surface area (Å²) in [5.74, 6) is -0.142. The van der Waals surface area contributed by atoms with E-state index in [1.54, 1.807) is 12.1 Å². The molecule has 0 amide bonds. The van der Waals surface area contributed by atoms with Crippen molar-refractivity contribution in [2.45, 2.75) is 31.9 Å². The first kappa shape index (κ1) is 24.2. The average Bonchev–Trinajstić information content (AvgIpc) is 3.58. The molecule has 0 spiro atoms. The van der Waals surface area contributed by atoms with Gasteiger partial charge in [0.25, 0.3) is 0 Å². The topological polar surface area (TPSA) is 85.3 Å². The highest BCUT2D eigenvalue weighted by Gasteiger charge is 2.37. The van der Waals surface area contributed by atoms with Crippen LogP contribution in [0.2, 0.25) is 5.02 Å². The predicted molar refractivity (Wildman–Crippen MR) is 122 cm³/mol. The van der Waals surface area contributed by atoms with Crippen LogP contribution in [0.3, 0.4) is 0 Å². The summed E-state index contributed by atoms with van der Waals surface area (Å²) in [4.78, 5) is 12.3. The molecule has 34 heavy (non-hydrogen) atoms. The number of anilines is 1. The Labute approximate surface area is 199 Å². The monoisotopic (exact) mass is 512 g/mol. The van der Waals surface area contributed by atoms with Gasteiger partial charge in [-0.1, -0.05) is 11.6 Å². The van der Waals surface area contributed by atoms with Crippen LogP contribution in [0.5, 0.6) is 11.6 Å². The van der Waals surface area contributed by atoms with Crippen LogP contribution in [0.4, 0.5) is 18.9 Å². The van der Waals surface area contributed by atoms with Gasteiger partial charge in [0.2, 0.25) is 15.9 Å². The molecule has 0 bridgehead atoms. The summed E-state index contributed by atoms with van der Waals surface area (Å²) in [6, 6.07) is 5.62. The first-order valence-electron chi connectivity index (χ1n) is 10.2. The van der Waals surface area contributed by atoms with E-state index >= 15 is 0 Å². The normalized spacial score (nSPS) is 14.2. The quantitative estimate of drug-likeness (QED) is 0.428. The van der Waals surface area contributed by atoms with Crippen molar-refractivity contribution in [2.24, 2.45) is 0 Å². The van der Waals surface area contributed by atoms with E-state index in [4.69, 9.17) is 16.3 Å². The molecule has 0 aliphatic heterocycles.